The molecule has 6 rings (SSSR count). The average molecular weight is 612 g/mol. The van der Waals surface area contributed by atoms with Crippen LogP contribution in [0.15, 0.2) is 96.6 Å². The number of hydrogen-bond acceptors (Lipinski definition) is 8. The van der Waals surface area contributed by atoms with E-state index in [0.29, 0.717) is 45.6 Å². The Morgan fingerprint density at radius 2 is 1.74 bits per heavy atom. The second-order valence-electron chi connectivity index (χ2n) is 9.78. The Kier molecular flexibility index (Phi) is 7.91. The third kappa shape index (κ3) is 6.27. The first-order chi connectivity index (χ1) is 20.8. The number of hydrogen-bond donors (Lipinski definition) is 0. The van der Waals surface area contributed by atoms with Crippen molar-refractivity contribution >= 4 is 29.0 Å². The summed E-state index contributed by atoms with van der Waals surface area (Å²) in [6.45, 7) is 1.79. The Bertz CT molecular complexity index is 1970. The molecule has 0 spiro atoms. The number of Topliss-reactive ketones (excluding diaryl/α,β-unsaturated/α-hetero) is 1. The number of carbonyl (C=O) groups is 1. The van der Waals surface area contributed by atoms with Gasteiger partial charge in [-0.1, -0.05) is 64.8 Å². The maximum atomic E-state index is 13.8. The van der Waals surface area contributed by atoms with Crippen LogP contribution in [-0.4, -0.2) is 50.1 Å². The molecule has 0 saturated carbocycles. The van der Waals surface area contributed by atoms with Gasteiger partial charge in [0.25, 0.3) is 5.56 Å². The monoisotopic (exact) mass is 611 g/mol. The summed E-state index contributed by atoms with van der Waals surface area (Å²) in [5.74, 6) is 1.05. The number of benzene rings is 2. The maximum absolute atomic E-state index is 13.8. The second-order valence-corrected chi connectivity index (χ2v) is 10.6. The zero-order chi connectivity index (χ0) is 29.9. The van der Waals surface area contributed by atoms with Crippen molar-refractivity contribution in [2.75, 3.05) is 0 Å². The highest BCUT2D eigenvalue weighted by Gasteiger charge is 2.24. The fraction of sp³-hybridized carbons (Fsp3) is 0.133. The predicted octanol–water partition coefficient (Wildman–Crippen LogP) is 4.68. The summed E-state index contributed by atoms with van der Waals surface area (Å²) in [4.78, 5) is 40.5. The first-order valence-corrected chi connectivity index (χ1v) is 14.0. The van der Waals surface area contributed by atoms with Gasteiger partial charge in [-0.05, 0) is 42.3 Å². The summed E-state index contributed by atoms with van der Waals surface area (Å²) in [6, 6.07) is 18.8. The van der Waals surface area contributed by atoms with E-state index >= 15 is 0 Å². The summed E-state index contributed by atoms with van der Waals surface area (Å²) >= 11 is 12.3. The summed E-state index contributed by atoms with van der Waals surface area (Å²) < 4.78 is 4.41. The Labute approximate surface area is 255 Å². The van der Waals surface area contributed by atoms with Crippen molar-refractivity contribution in [3.8, 4) is 22.8 Å². The number of aryl methyl sites for hydroxylation is 1. The van der Waals surface area contributed by atoms with E-state index in [1.807, 2.05) is 36.4 Å². The topological polar surface area (TPSA) is 126 Å². The summed E-state index contributed by atoms with van der Waals surface area (Å²) in [5.41, 5.74) is 2.72. The molecule has 0 unspecified atom stereocenters. The summed E-state index contributed by atoms with van der Waals surface area (Å²) in [6.07, 6.45) is 6.53. The van der Waals surface area contributed by atoms with Crippen molar-refractivity contribution in [1.82, 2.24) is 44.3 Å². The van der Waals surface area contributed by atoms with Gasteiger partial charge in [-0.15, -0.1) is 5.10 Å². The molecule has 0 aliphatic rings. The first kappa shape index (κ1) is 28.1. The molecule has 0 bridgehead atoms. The number of halogens is 2. The molecule has 0 amide bonds. The van der Waals surface area contributed by atoms with E-state index in [4.69, 9.17) is 23.2 Å². The number of carbonyl (C=O) groups excluding carboxylic acids is 1. The normalized spacial score (nSPS) is 11.9. The first-order valence-electron chi connectivity index (χ1n) is 13.2. The lowest BCUT2D eigenvalue weighted by molar-refractivity contribution is -0.121. The third-order valence-electron chi connectivity index (χ3n) is 6.79. The molecule has 2 aromatic carbocycles. The number of ketones is 1. The summed E-state index contributed by atoms with van der Waals surface area (Å²) in [7, 11) is 0. The second kappa shape index (κ2) is 12.1. The van der Waals surface area contributed by atoms with Gasteiger partial charge in [0.1, 0.15) is 18.2 Å². The third-order valence-corrected chi connectivity index (χ3v) is 7.20. The SMILES string of the molecule is Cc1ncn(-c2ccc(CC(=O)[C@H](Cc3ccccc3)n3cnc(-c4cc(Cl)ccc4-n4cc(Cl)nn4)cc3=O)cn2)n1. The lowest BCUT2D eigenvalue weighted by Crippen LogP contribution is -2.32. The molecule has 1 atom stereocenters. The van der Waals surface area contributed by atoms with Gasteiger partial charge in [0.2, 0.25) is 0 Å². The van der Waals surface area contributed by atoms with Gasteiger partial charge in [0.15, 0.2) is 16.8 Å². The maximum Gasteiger partial charge on any atom is 0.254 e. The molecular weight excluding hydrogens is 589 g/mol. The van der Waals surface area contributed by atoms with Crippen LogP contribution in [0.1, 0.15) is 23.0 Å². The number of rotatable bonds is 9. The molecule has 13 heteroatoms. The Morgan fingerprint density at radius 3 is 2.42 bits per heavy atom. The minimum absolute atomic E-state index is 0.0703. The lowest BCUT2D eigenvalue weighted by Gasteiger charge is -2.19. The lowest BCUT2D eigenvalue weighted by atomic mass is 9.98. The molecular formula is C30H23Cl2N9O2. The number of aromatic nitrogens is 9. The average Bonchev–Trinajstić information content (AvgIpc) is 3.65. The van der Waals surface area contributed by atoms with Crippen LogP contribution in [0.3, 0.4) is 0 Å². The largest absolute Gasteiger partial charge is 0.297 e. The van der Waals surface area contributed by atoms with Crippen LogP contribution in [0.25, 0.3) is 22.8 Å². The predicted molar refractivity (Wildman–Crippen MR) is 161 cm³/mol. The molecule has 43 heavy (non-hydrogen) atoms. The van der Waals surface area contributed by atoms with E-state index in [0.717, 1.165) is 5.56 Å². The molecule has 6 aromatic rings. The Hall–Kier alpha value is -5.00. The molecule has 0 saturated heterocycles. The van der Waals surface area contributed by atoms with Gasteiger partial charge in [0.05, 0.1) is 23.9 Å². The van der Waals surface area contributed by atoms with Gasteiger partial charge in [0, 0.05) is 35.7 Å². The number of nitrogens with zero attached hydrogens (tertiary/aromatic N) is 9. The van der Waals surface area contributed by atoms with E-state index in [1.165, 1.54) is 21.6 Å². The van der Waals surface area contributed by atoms with Crippen LogP contribution < -0.4 is 5.56 Å². The molecule has 0 N–H and O–H groups in total. The van der Waals surface area contributed by atoms with Crippen LogP contribution in [-0.2, 0) is 17.6 Å². The van der Waals surface area contributed by atoms with Crippen molar-refractivity contribution in [2.45, 2.75) is 25.8 Å². The highest BCUT2D eigenvalue weighted by Crippen LogP contribution is 2.28. The fourth-order valence-electron chi connectivity index (χ4n) is 4.70. The summed E-state index contributed by atoms with van der Waals surface area (Å²) in [5, 5.41) is 12.8. The van der Waals surface area contributed by atoms with Crippen LogP contribution in [0.4, 0.5) is 0 Å². The molecule has 4 aromatic heterocycles. The van der Waals surface area contributed by atoms with Crippen molar-refractivity contribution in [1.29, 1.82) is 0 Å². The van der Waals surface area contributed by atoms with Gasteiger partial charge in [-0.25, -0.2) is 24.3 Å². The van der Waals surface area contributed by atoms with Crippen LogP contribution >= 0.6 is 23.2 Å². The molecule has 0 radical (unpaired) electrons. The minimum atomic E-state index is -0.804. The van der Waals surface area contributed by atoms with E-state index < -0.39 is 11.6 Å². The molecule has 4 heterocycles. The number of pyridine rings is 1. The van der Waals surface area contributed by atoms with Gasteiger partial charge in [-0.3, -0.25) is 14.2 Å². The van der Waals surface area contributed by atoms with Gasteiger partial charge < -0.3 is 0 Å². The zero-order valence-corrected chi connectivity index (χ0v) is 24.3. The van der Waals surface area contributed by atoms with Crippen molar-refractivity contribution < 1.29 is 4.79 Å². The molecule has 0 aliphatic heterocycles. The molecule has 0 fully saturated rings. The fourth-order valence-corrected chi connectivity index (χ4v) is 5.00. The van der Waals surface area contributed by atoms with Gasteiger partial charge >= 0.3 is 0 Å². The molecule has 11 nitrogen and oxygen atoms in total. The molecule has 214 valence electrons. The van der Waals surface area contributed by atoms with Crippen molar-refractivity contribution in [3.63, 3.8) is 0 Å². The Balaban J connectivity index is 1.32. The molecule has 0 aliphatic carbocycles. The van der Waals surface area contributed by atoms with Crippen LogP contribution in [0.2, 0.25) is 10.2 Å². The van der Waals surface area contributed by atoms with E-state index in [2.05, 4.69) is 30.4 Å². The Morgan fingerprint density at radius 1 is 0.907 bits per heavy atom. The quantitative estimate of drug-likeness (QED) is 0.231. The van der Waals surface area contributed by atoms with E-state index in [1.54, 1.807) is 54.6 Å². The highest BCUT2D eigenvalue weighted by molar-refractivity contribution is 6.31. The van der Waals surface area contributed by atoms with Crippen LogP contribution in [0, 0.1) is 6.92 Å². The van der Waals surface area contributed by atoms with Crippen molar-refractivity contribution in [3.05, 3.63) is 129 Å². The smallest absolute Gasteiger partial charge is 0.254 e. The van der Waals surface area contributed by atoms with Crippen molar-refractivity contribution in [2.24, 2.45) is 0 Å². The minimum Gasteiger partial charge on any atom is -0.297 e. The standard InChI is InChI=1S/C30H23Cl2N9O2/c1-19-34-18-41(37-19)29-10-7-21(15-33-29)12-27(42)26(11-20-5-3-2-4-6-20)39-17-35-24(14-30(39)43)23-13-22(31)8-9-25(23)40-16-28(32)36-38-40/h2-10,13-18,26H,11-12H2,1H3/t26-/m0/s1. The van der Waals surface area contributed by atoms with Gasteiger partial charge in [-0.2, -0.15) is 5.10 Å². The zero-order valence-electron chi connectivity index (χ0n) is 22.7. The van der Waals surface area contributed by atoms with Crippen LogP contribution in [0.5, 0.6) is 0 Å². The highest BCUT2D eigenvalue weighted by atomic mass is 35.5. The van der Waals surface area contributed by atoms with E-state index in [9.17, 15) is 9.59 Å². The van der Waals surface area contributed by atoms with E-state index in [-0.39, 0.29) is 17.4 Å².